The van der Waals surface area contributed by atoms with Gasteiger partial charge in [-0.3, -0.25) is 0 Å². The van der Waals surface area contributed by atoms with Gasteiger partial charge in [0.25, 0.3) is 0 Å². The third-order valence-electron chi connectivity index (χ3n) is 15.1. The minimum absolute atomic E-state index is 0.0764. The highest BCUT2D eigenvalue weighted by atomic mass is 15.2. The van der Waals surface area contributed by atoms with Crippen LogP contribution in [0, 0.1) is 0 Å². The molecule has 60 heavy (non-hydrogen) atoms. The van der Waals surface area contributed by atoms with Crippen LogP contribution in [0.25, 0.3) is 33.0 Å². The second-order valence-electron chi connectivity index (χ2n) is 19.9. The molecular weight excluding hydrogens is 725 g/mol. The van der Waals surface area contributed by atoms with Crippen LogP contribution in [0.4, 0.5) is 34.1 Å². The van der Waals surface area contributed by atoms with Crippen LogP contribution in [0.2, 0.25) is 0 Å². The van der Waals surface area contributed by atoms with E-state index in [1.165, 1.54) is 100 Å². The number of para-hydroxylation sites is 3. The van der Waals surface area contributed by atoms with Crippen molar-refractivity contribution in [1.29, 1.82) is 0 Å². The van der Waals surface area contributed by atoms with Crippen molar-refractivity contribution < 1.29 is 0 Å². The molecule has 0 saturated carbocycles. The molecule has 0 N–H and O–H groups in total. The average Bonchev–Trinajstić information content (AvgIpc) is 3.48. The molecule has 8 aromatic carbocycles. The van der Waals surface area contributed by atoms with E-state index >= 15 is 0 Å². The summed E-state index contributed by atoms with van der Waals surface area (Å²) < 4.78 is 0. The fraction of sp³-hybridized carbons (Fsp3) is 0.207. The maximum Gasteiger partial charge on any atom is 0.0544 e. The molecule has 0 bridgehead atoms. The van der Waals surface area contributed by atoms with Crippen LogP contribution < -0.4 is 9.80 Å². The summed E-state index contributed by atoms with van der Waals surface area (Å²) in [5.74, 6) is 0. The maximum atomic E-state index is 2.66. The van der Waals surface area contributed by atoms with E-state index in [2.05, 4.69) is 223 Å². The topological polar surface area (TPSA) is 6.48 Å². The van der Waals surface area contributed by atoms with Gasteiger partial charge in [-0.1, -0.05) is 159 Å². The summed E-state index contributed by atoms with van der Waals surface area (Å²) in [5.41, 5.74) is 23.6. The molecular formula is C58H50N2. The molecule has 8 aromatic rings. The Kier molecular flexibility index (Phi) is 6.91. The van der Waals surface area contributed by atoms with Gasteiger partial charge in [-0.05, 0) is 132 Å². The van der Waals surface area contributed by atoms with E-state index in [9.17, 15) is 0 Å². The molecule has 0 fully saturated rings. The SMILES string of the molecule is CC1(C)c2ccccc2-c2ccc(N(c3ccccc3)c3ccc4cc(-c5cc6c7c(c5)C(C)(C)c5cccc8c5N7c5c(cccc5C6(C)C)C8(C)C)ccc4c3)cc21. The largest absolute Gasteiger partial charge is 0.310 e. The number of anilines is 6. The molecule has 0 spiro atoms. The summed E-state index contributed by atoms with van der Waals surface area (Å²) >= 11 is 0. The first-order chi connectivity index (χ1) is 28.8. The van der Waals surface area contributed by atoms with E-state index in [0.717, 1.165) is 11.4 Å². The predicted molar refractivity (Wildman–Crippen MR) is 253 cm³/mol. The van der Waals surface area contributed by atoms with Crippen molar-refractivity contribution in [3.8, 4) is 22.3 Å². The summed E-state index contributed by atoms with van der Waals surface area (Å²) in [6, 6.07) is 59.9. The monoisotopic (exact) mass is 774 g/mol. The van der Waals surface area contributed by atoms with Gasteiger partial charge in [0.05, 0.1) is 17.1 Å². The number of nitrogens with zero attached hydrogens (tertiary/aromatic N) is 2. The molecule has 2 heteroatoms. The van der Waals surface area contributed by atoms with Gasteiger partial charge in [-0.25, -0.2) is 0 Å². The Hall–Kier alpha value is -6.38. The van der Waals surface area contributed by atoms with Gasteiger partial charge in [0.15, 0.2) is 0 Å². The quantitative estimate of drug-likeness (QED) is 0.176. The molecule has 0 saturated heterocycles. The predicted octanol–water partition coefficient (Wildman–Crippen LogP) is 15.7. The maximum absolute atomic E-state index is 2.66. The molecule has 0 radical (unpaired) electrons. The highest BCUT2D eigenvalue weighted by Crippen LogP contribution is 2.66. The Morgan fingerprint density at radius 3 is 1.43 bits per heavy atom. The second-order valence-corrected chi connectivity index (χ2v) is 19.9. The average molecular weight is 775 g/mol. The number of benzene rings is 8. The molecule has 4 aliphatic rings. The van der Waals surface area contributed by atoms with Gasteiger partial charge in [-0.15, -0.1) is 0 Å². The number of rotatable bonds is 4. The van der Waals surface area contributed by atoms with Crippen LogP contribution in [0.3, 0.4) is 0 Å². The highest BCUT2D eigenvalue weighted by molar-refractivity contribution is 6.00. The summed E-state index contributed by atoms with van der Waals surface area (Å²) in [6.07, 6.45) is 0. The molecule has 292 valence electrons. The van der Waals surface area contributed by atoms with Gasteiger partial charge in [0.1, 0.15) is 0 Å². The first-order valence-electron chi connectivity index (χ1n) is 21.7. The summed E-state index contributed by atoms with van der Waals surface area (Å²) in [5, 5.41) is 2.47. The number of hydrogen-bond donors (Lipinski definition) is 0. The minimum Gasteiger partial charge on any atom is -0.310 e. The summed E-state index contributed by atoms with van der Waals surface area (Å²) in [4.78, 5) is 5.08. The number of hydrogen-bond acceptors (Lipinski definition) is 2. The van der Waals surface area contributed by atoms with Gasteiger partial charge < -0.3 is 9.80 Å². The lowest BCUT2D eigenvalue weighted by molar-refractivity contribution is 0.567. The molecule has 0 aromatic heterocycles. The molecule has 0 unspecified atom stereocenters. The van der Waals surface area contributed by atoms with Crippen molar-refractivity contribution in [1.82, 2.24) is 0 Å². The highest BCUT2D eigenvalue weighted by Gasteiger charge is 2.51. The van der Waals surface area contributed by atoms with Crippen LogP contribution in [0.15, 0.2) is 158 Å². The molecule has 3 aliphatic heterocycles. The first kappa shape index (κ1) is 35.6. The third-order valence-corrected chi connectivity index (χ3v) is 15.1. The lowest BCUT2D eigenvalue weighted by Gasteiger charge is -2.55. The van der Waals surface area contributed by atoms with E-state index in [-0.39, 0.29) is 21.7 Å². The Labute approximate surface area is 354 Å². The van der Waals surface area contributed by atoms with Crippen molar-refractivity contribution in [2.75, 3.05) is 9.80 Å². The molecule has 3 heterocycles. The van der Waals surface area contributed by atoms with Gasteiger partial charge in [0, 0.05) is 38.7 Å². The number of fused-ring (bicyclic) bond motifs is 4. The van der Waals surface area contributed by atoms with Gasteiger partial charge in [0.2, 0.25) is 0 Å². The smallest absolute Gasteiger partial charge is 0.0544 e. The van der Waals surface area contributed by atoms with Crippen molar-refractivity contribution in [3.05, 3.63) is 202 Å². The molecule has 12 rings (SSSR count). The van der Waals surface area contributed by atoms with Crippen LogP contribution in [-0.4, -0.2) is 0 Å². The summed E-state index contributed by atoms with van der Waals surface area (Å²) in [6.45, 7) is 19.3. The molecule has 0 atom stereocenters. The Morgan fingerprint density at radius 2 is 0.783 bits per heavy atom. The van der Waals surface area contributed by atoms with Crippen molar-refractivity contribution in [2.24, 2.45) is 0 Å². The van der Waals surface area contributed by atoms with Crippen molar-refractivity contribution in [3.63, 3.8) is 0 Å². The zero-order valence-corrected chi connectivity index (χ0v) is 35.9. The Bertz CT molecular complexity index is 3070. The normalized spacial score (nSPS) is 17.2. The van der Waals surface area contributed by atoms with Crippen molar-refractivity contribution >= 4 is 44.9 Å². The molecule has 0 amide bonds. The lowest BCUT2D eigenvalue weighted by atomic mass is 9.60. The van der Waals surface area contributed by atoms with Crippen LogP contribution in [0.1, 0.15) is 99.9 Å². The molecule has 2 nitrogen and oxygen atoms in total. The fourth-order valence-corrected chi connectivity index (χ4v) is 11.8. The van der Waals surface area contributed by atoms with E-state index in [0.29, 0.717) is 0 Å². The van der Waals surface area contributed by atoms with Crippen LogP contribution in [-0.2, 0) is 21.7 Å². The van der Waals surface area contributed by atoms with Crippen molar-refractivity contribution in [2.45, 2.75) is 77.0 Å². The van der Waals surface area contributed by atoms with Gasteiger partial charge >= 0.3 is 0 Å². The standard InChI is InChI=1S/C58H50N2/c1-55(2)44-19-13-12-18-42(44)43-29-28-41(34-49(43)55)59(39-16-10-9-11-17-39)40-27-26-35-30-36(24-25-37(35)31-40)38-32-50-54-51(33-38)58(7,8)48-23-15-21-46-53(48)60(54)52-45(56(46,3)4)20-14-22-47(52)57(50,5)6/h9-34H,1-8H3. The van der Waals surface area contributed by atoms with E-state index in [1.54, 1.807) is 0 Å². The minimum atomic E-state index is -0.180. The summed E-state index contributed by atoms with van der Waals surface area (Å²) in [7, 11) is 0. The zero-order valence-electron chi connectivity index (χ0n) is 35.9. The zero-order chi connectivity index (χ0) is 41.1. The van der Waals surface area contributed by atoms with E-state index < -0.39 is 0 Å². The lowest BCUT2D eigenvalue weighted by Crippen LogP contribution is -2.43. The third kappa shape index (κ3) is 4.49. The fourth-order valence-electron chi connectivity index (χ4n) is 11.8. The van der Waals surface area contributed by atoms with Crippen LogP contribution >= 0.6 is 0 Å². The van der Waals surface area contributed by atoms with E-state index in [1.807, 2.05) is 0 Å². The van der Waals surface area contributed by atoms with Crippen LogP contribution in [0.5, 0.6) is 0 Å². The van der Waals surface area contributed by atoms with Gasteiger partial charge in [-0.2, -0.15) is 0 Å². The van der Waals surface area contributed by atoms with E-state index in [4.69, 9.17) is 0 Å². The molecule has 1 aliphatic carbocycles. The second kappa shape index (κ2) is 11.7. The first-order valence-corrected chi connectivity index (χ1v) is 21.7. The Morgan fingerprint density at radius 1 is 0.317 bits per heavy atom. The Balaban J connectivity index is 0.992.